The van der Waals surface area contributed by atoms with E-state index in [-0.39, 0.29) is 0 Å². The first kappa shape index (κ1) is 12.4. The van der Waals surface area contributed by atoms with Gasteiger partial charge >= 0.3 is 0 Å². The zero-order valence-electron chi connectivity index (χ0n) is 11.2. The second kappa shape index (κ2) is 6.02. The standard InChI is InChI=1S/C14H28N2/c1-3-13(4-2)15-9-11-16(12-10-15)14-7-5-6-8-14/h13-14H,3-12H2,1-2H3/p+2. The van der Waals surface area contributed by atoms with Crippen LogP contribution in [-0.2, 0) is 0 Å². The Labute approximate surface area is 101 Å². The van der Waals surface area contributed by atoms with Crippen LogP contribution in [0.4, 0.5) is 0 Å². The third-order valence-corrected chi connectivity index (χ3v) is 5.03. The van der Waals surface area contributed by atoms with Crippen LogP contribution in [0.5, 0.6) is 0 Å². The molecule has 2 N–H and O–H groups in total. The summed E-state index contributed by atoms with van der Waals surface area (Å²) in [6.45, 7) is 10.5. The van der Waals surface area contributed by atoms with Crippen molar-refractivity contribution < 1.29 is 9.80 Å². The number of piperazine rings is 1. The summed E-state index contributed by atoms with van der Waals surface area (Å²) >= 11 is 0. The lowest BCUT2D eigenvalue weighted by Gasteiger charge is -2.36. The number of rotatable bonds is 4. The number of nitrogens with one attached hydrogen (secondary N) is 2. The molecule has 2 fully saturated rings. The second-order valence-electron chi connectivity index (χ2n) is 5.81. The fraction of sp³-hybridized carbons (Fsp3) is 1.00. The fourth-order valence-corrected chi connectivity index (χ4v) is 3.91. The molecule has 0 bridgehead atoms. The van der Waals surface area contributed by atoms with Crippen LogP contribution < -0.4 is 9.80 Å². The van der Waals surface area contributed by atoms with E-state index >= 15 is 0 Å². The Morgan fingerprint density at radius 3 is 2.00 bits per heavy atom. The summed E-state index contributed by atoms with van der Waals surface area (Å²) < 4.78 is 0. The highest BCUT2D eigenvalue weighted by atomic mass is 15.3. The van der Waals surface area contributed by atoms with Gasteiger partial charge in [-0.15, -0.1) is 0 Å². The predicted molar refractivity (Wildman–Crippen MR) is 68.0 cm³/mol. The highest BCUT2D eigenvalue weighted by Crippen LogP contribution is 2.15. The molecule has 0 atom stereocenters. The maximum atomic E-state index is 2.36. The van der Waals surface area contributed by atoms with Crippen LogP contribution in [0.25, 0.3) is 0 Å². The van der Waals surface area contributed by atoms with Crippen molar-refractivity contribution in [1.82, 2.24) is 0 Å². The third-order valence-electron chi connectivity index (χ3n) is 5.03. The Kier molecular flexibility index (Phi) is 4.66. The fourth-order valence-electron chi connectivity index (χ4n) is 3.91. The van der Waals surface area contributed by atoms with Gasteiger partial charge in [-0.3, -0.25) is 0 Å². The molecule has 2 aliphatic rings. The minimum absolute atomic E-state index is 0.935. The molecule has 1 aliphatic carbocycles. The van der Waals surface area contributed by atoms with Crippen molar-refractivity contribution in [2.75, 3.05) is 26.2 Å². The Morgan fingerprint density at radius 1 is 0.938 bits per heavy atom. The van der Waals surface area contributed by atoms with E-state index in [1.165, 1.54) is 64.7 Å². The van der Waals surface area contributed by atoms with E-state index in [9.17, 15) is 0 Å². The Morgan fingerprint density at radius 2 is 1.50 bits per heavy atom. The van der Waals surface area contributed by atoms with Crippen molar-refractivity contribution in [3.05, 3.63) is 0 Å². The molecule has 0 aromatic rings. The van der Waals surface area contributed by atoms with Gasteiger partial charge in [0.05, 0.1) is 12.1 Å². The molecule has 2 rings (SSSR count). The molecule has 94 valence electrons. The van der Waals surface area contributed by atoms with Gasteiger partial charge < -0.3 is 9.80 Å². The molecule has 2 nitrogen and oxygen atoms in total. The van der Waals surface area contributed by atoms with E-state index in [0.29, 0.717) is 0 Å². The SMILES string of the molecule is CCC(CC)[NH+]1CC[NH+](C2CCCC2)CC1. The summed E-state index contributed by atoms with van der Waals surface area (Å²) in [7, 11) is 0. The van der Waals surface area contributed by atoms with Crippen LogP contribution in [0.1, 0.15) is 52.4 Å². The van der Waals surface area contributed by atoms with Gasteiger partial charge in [0, 0.05) is 0 Å². The van der Waals surface area contributed by atoms with E-state index in [0.717, 1.165) is 12.1 Å². The summed E-state index contributed by atoms with van der Waals surface area (Å²) in [5.41, 5.74) is 0. The normalized spacial score (nSPS) is 32.4. The van der Waals surface area contributed by atoms with Crippen LogP contribution in [-0.4, -0.2) is 38.3 Å². The minimum atomic E-state index is 0.935. The second-order valence-corrected chi connectivity index (χ2v) is 5.81. The zero-order chi connectivity index (χ0) is 11.4. The molecular weight excluding hydrogens is 196 g/mol. The van der Waals surface area contributed by atoms with Gasteiger partial charge in [0.15, 0.2) is 0 Å². The van der Waals surface area contributed by atoms with Crippen molar-refractivity contribution in [2.45, 2.75) is 64.5 Å². The van der Waals surface area contributed by atoms with Crippen molar-refractivity contribution in [3.8, 4) is 0 Å². The van der Waals surface area contributed by atoms with Crippen LogP contribution >= 0.6 is 0 Å². The van der Waals surface area contributed by atoms with Gasteiger partial charge in [0.2, 0.25) is 0 Å². The van der Waals surface area contributed by atoms with Gasteiger partial charge in [-0.2, -0.15) is 0 Å². The summed E-state index contributed by atoms with van der Waals surface area (Å²) in [5, 5.41) is 0. The van der Waals surface area contributed by atoms with Gasteiger partial charge in [0.25, 0.3) is 0 Å². The average molecular weight is 226 g/mol. The summed E-state index contributed by atoms with van der Waals surface area (Å²) in [6, 6.07) is 1.97. The maximum Gasteiger partial charge on any atom is 0.127 e. The first-order chi connectivity index (χ1) is 7.85. The molecule has 1 saturated heterocycles. The summed E-state index contributed by atoms with van der Waals surface area (Å²) in [4.78, 5) is 3.83. The molecule has 0 aromatic carbocycles. The number of hydrogen-bond donors (Lipinski definition) is 2. The Hall–Kier alpha value is -0.0800. The van der Waals surface area contributed by atoms with Gasteiger partial charge in [-0.05, 0) is 38.5 Å². The van der Waals surface area contributed by atoms with Crippen molar-refractivity contribution in [3.63, 3.8) is 0 Å². The first-order valence-electron chi connectivity index (χ1n) is 7.54. The molecule has 1 heterocycles. The average Bonchev–Trinajstić information content (AvgIpc) is 2.85. The largest absolute Gasteiger partial charge is 0.323 e. The summed E-state index contributed by atoms with van der Waals surface area (Å²) in [6.07, 6.45) is 8.75. The van der Waals surface area contributed by atoms with Gasteiger partial charge in [0.1, 0.15) is 26.2 Å². The Balaban J connectivity index is 1.77. The maximum absolute atomic E-state index is 2.36. The lowest BCUT2D eigenvalue weighted by atomic mass is 10.1. The van der Waals surface area contributed by atoms with Crippen molar-refractivity contribution in [2.24, 2.45) is 0 Å². The topological polar surface area (TPSA) is 8.88 Å². The highest BCUT2D eigenvalue weighted by Gasteiger charge is 2.33. The number of quaternary nitrogens is 2. The van der Waals surface area contributed by atoms with Crippen LogP contribution in [0, 0.1) is 0 Å². The molecule has 0 unspecified atom stereocenters. The molecule has 1 saturated carbocycles. The van der Waals surface area contributed by atoms with Crippen molar-refractivity contribution >= 4 is 0 Å². The zero-order valence-corrected chi connectivity index (χ0v) is 11.2. The monoisotopic (exact) mass is 226 g/mol. The molecular formula is C14H30N2+2. The van der Waals surface area contributed by atoms with E-state index in [2.05, 4.69) is 13.8 Å². The lowest BCUT2D eigenvalue weighted by molar-refractivity contribution is -1.03. The number of hydrogen-bond acceptors (Lipinski definition) is 0. The molecule has 0 radical (unpaired) electrons. The van der Waals surface area contributed by atoms with Crippen LogP contribution in [0.15, 0.2) is 0 Å². The smallest absolute Gasteiger partial charge is 0.127 e. The van der Waals surface area contributed by atoms with E-state index in [1.54, 1.807) is 0 Å². The highest BCUT2D eigenvalue weighted by molar-refractivity contribution is 4.66. The van der Waals surface area contributed by atoms with E-state index in [1.807, 2.05) is 9.80 Å². The lowest BCUT2D eigenvalue weighted by Crippen LogP contribution is -3.30. The summed E-state index contributed by atoms with van der Waals surface area (Å²) in [5.74, 6) is 0. The van der Waals surface area contributed by atoms with Crippen LogP contribution in [0.3, 0.4) is 0 Å². The molecule has 1 aliphatic heterocycles. The third kappa shape index (κ3) is 2.78. The minimum Gasteiger partial charge on any atom is -0.323 e. The predicted octanol–water partition coefficient (Wildman–Crippen LogP) is -0.0990. The molecule has 0 amide bonds. The Bertz CT molecular complexity index is 177. The molecule has 16 heavy (non-hydrogen) atoms. The molecule has 2 heteroatoms. The first-order valence-corrected chi connectivity index (χ1v) is 7.54. The van der Waals surface area contributed by atoms with E-state index in [4.69, 9.17) is 0 Å². The van der Waals surface area contributed by atoms with Crippen LogP contribution in [0.2, 0.25) is 0 Å². The van der Waals surface area contributed by atoms with E-state index < -0.39 is 0 Å². The quantitative estimate of drug-likeness (QED) is 0.662. The molecule has 0 aromatic heterocycles. The van der Waals surface area contributed by atoms with Crippen molar-refractivity contribution in [1.29, 1.82) is 0 Å². The van der Waals surface area contributed by atoms with Gasteiger partial charge in [-0.25, -0.2) is 0 Å². The molecule has 0 spiro atoms. The van der Waals surface area contributed by atoms with Gasteiger partial charge in [-0.1, -0.05) is 13.8 Å².